The molecule has 1 atom stereocenters. The van der Waals surface area contributed by atoms with Crippen molar-refractivity contribution >= 4 is 23.2 Å². The summed E-state index contributed by atoms with van der Waals surface area (Å²) in [6.07, 6.45) is 0. The third kappa shape index (κ3) is 1.67. The number of likely N-dealkylation sites (N-methyl/N-ethyl adjacent to an activating group) is 1. The van der Waals surface area contributed by atoms with Crippen molar-refractivity contribution in [1.82, 2.24) is 0 Å². The molecule has 2 rings (SSSR count). The lowest BCUT2D eigenvalue weighted by Crippen LogP contribution is -2.41. The molecule has 0 aliphatic carbocycles. The van der Waals surface area contributed by atoms with Gasteiger partial charge in [-0.2, -0.15) is 0 Å². The molecule has 17 heavy (non-hydrogen) atoms. The molecule has 1 aliphatic rings. The minimum absolute atomic E-state index is 0.272. The van der Waals surface area contributed by atoms with Crippen molar-refractivity contribution in [3.8, 4) is 0 Å². The molecule has 0 bridgehead atoms. The van der Waals surface area contributed by atoms with Crippen LogP contribution in [0, 0.1) is 10.1 Å². The van der Waals surface area contributed by atoms with Crippen LogP contribution in [0.25, 0.3) is 0 Å². The minimum atomic E-state index is -1.13. The topological polar surface area (TPSA) is 63.5 Å². The van der Waals surface area contributed by atoms with E-state index >= 15 is 0 Å². The monoisotopic (exact) mass is 254 g/mol. The minimum Gasteiger partial charge on any atom is -0.314 e. The molecule has 0 saturated carbocycles. The molecule has 6 heteroatoms. The fourth-order valence-electron chi connectivity index (χ4n) is 2.25. The summed E-state index contributed by atoms with van der Waals surface area (Å²) in [7, 11) is 1.61. The van der Waals surface area contributed by atoms with Gasteiger partial charge in [0.15, 0.2) is 0 Å². The Morgan fingerprint density at radius 1 is 1.53 bits per heavy atom. The maximum atomic E-state index is 12.1. The average Bonchev–Trinajstić information content (AvgIpc) is 2.41. The first-order valence-electron chi connectivity index (χ1n) is 5.06. The molecule has 0 aromatic heterocycles. The Morgan fingerprint density at radius 2 is 2.18 bits per heavy atom. The number of anilines is 1. The molecule has 90 valence electrons. The Morgan fingerprint density at radius 3 is 2.76 bits per heavy atom. The van der Waals surface area contributed by atoms with E-state index in [9.17, 15) is 14.9 Å². The molecule has 1 aromatic rings. The molecule has 1 amide bonds. The number of fused-ring (bicyclic) bond motifs is 1. The van der Waals surface area contributed by atoms with Crippen LogP contribution < -0.4 is 4.90 Å². The van der Waals surface area contributed by atoms with Gasteiger partial charge in [-0.25, -0.2) is 0 Å². The van der Waals surface area contributed by atoms with E-state index in [1.807, 2.05) is 0 Å². The van der Waals surface area contributed by atoms with Crippen LogP contribution in [0.15, 0.2) is 18.2 Å². The summed E-state index contributed by atoms with van der Waals surface area (Å²) in [5.74, 6) is -0.272. The van der Waals surface area contributed by atoms with Crippen LogP contribution in [-0.4, -0.2) is 24.4 Å². The van der Waals surface area contributed by atoms with Gasteiger partial charge in [-0.3, -0.25) is 14.9 Å². The highest BCUT2D eigenvalue weighted by atomic mass is 35.5. The molecular formula is C11H11ClN2O3. The lowest BCUT2D eigenvalue weighted by molar-refractivity contribution is -0.487. The van der Waals surface area contributed by atoms with Crippen LogP contribution in [0.4, 0.5) is 5.69 Å². The third-order valence-corrected chi connectivity index (χ3v) is 3.37. The predicted octanol–water partition coefficient (Wildman–Crippen LogP) is 1.85. The summed E-state index contributed by atoms with van der Waals surface area (Å²) in [6, 6.07) is 5.00. The number of benzene rings is 1. The van der Waals surface area contributed by atoms with Crippen LogP contribution in [0.2, 0.25) is 5.02 Å². The first kappa shape index (κ1) is 11.9. The van der Waals surface area contributed by atoms with Crippen molar-refractivity contribution in [3.63, 3.8) is 0 Å². The van der Waals surface area contributed by atoms with Gasteiger partial charge in [-0.1, -0.05) is 11.6 Å². The summed E-state index contributed by atoms with van der Waals surface area (Å²) in [4.78, 5) is 23.8. The van der Waals surface area contributed by atoms with E-state index in [1.54, 1.807) is 32.2 Å². The first-order valence-corrected chi connectivity index (χ1v) is 5.44. The molecule has 1 aromatic carbocycles. The summed E-state index contributed by atoms with van der Waals surface area (Å²) in [5.41, 5.74) is 0.177. The number of hydrogen-bond donors (Lipinski definition) is 0. The fraction of sp³-hybridized carbons (Fsp3) is 0.364. The van der Waals surface area contributed by atoms with Gasteiger partial charge in [0, 0.05) is 22.7 Å². The molecule has 1 aliphatic heterocycles. The number of carbonyl (C=O) groups is 1. The van der Waals surface area contributed by atoms with Gasteiger partial charge in [0.1, 0.15) is 5.41 Å². The Balaban J connectivity index is 2.60. The highest BCUT2D eigenvalue weighted by Crippen LogP contribution is 2.42. The normalized spacial score (nSPS) is 22.8. The van der Waals surface area contributed by atoms with Gasteiger partial charge in [-0.05, 0) is 30.7 Å². The molecule has 0 fully saturated rings. The zero-order chi connectivity index (χ0) is 12.8. The van der Waals surface area contributed by atoms with E-state index in [0.717, 1.165) is 0 Å². The van der Waals surface area contributed by atoms with Crippen LogP contribution in [0.1, 0.15) is 12.5 Å². The highest BCUT2D eigenvalue weighted by molar-refractivity contribution is 6.31. The van der Waals surface area contributed by atoms with Crippen LogP contribution in [-0.2, 0) is 10.2 Å². The van der Waals surface area contributed by atoms with Gasteiger partial charge in [0.2, 0.25) is 12.5 Å². The Kier molecular flexibility index (Phi) is 2.58. The smallest absolute Gasteiger partial charge is 0.243 e. The number of carbonyl (C=O) groups excluding carboxylic acids is 1. The summed E-state index contributed by atoms with van der Waals surface area (Å²) in [6.45, 7) is 1.15. The van der Waals surface area contributed by atoms with Crippen LogP contribution >= 0.6 is 11.6 Å². The zero-order valence-corrected chi connectivity index (χ0v) is 10.2. The lowest BCUT2D eigenvalue weighted by Gasteiger charge is -2.18. The number of rotatable bonds is 2. The number of amides is 1. The molecule has 0 spiro atoms. The zero-order valence-electron chi connectivity index (χ0n) is 9.44. The van der Waals surface area contributed by atoms with Gasteiger partial charge in [0.25, 0.3) is 0 Å². The molecule has 0 N–H and O–H groups in total. The quantitative estimate of drug-likeness (QED) is 0.598. The van der Waals surface area contributed by atoms with Crippen molar-refractivity contribution < 1.29 is 9.72 Å². The maximum Gasteiger partial charge on any atom is 0.243 e. The SMILES string of the molecule is CN1C(=O)C(C)(C[N+](=O)[O-])c2cc(Cl)ccc21. The molecule has 0 radical (unpaired) electrons. The van der Waals surface area contributed by atoms with Crippen molar-refractivity contribution in [2.75, 3.05) is 18.5 Å². The van der Waals surface area contributed by atoms with Gasteiger partial charge in [0.05, 0.1) is 0 Å². The highest BCUT2D eigenvalue weighted by Gasteiger charge is 2.49. The second-order valence-electron chi connectivity index (χ2n) is 4.35. The summed E-state index contributed by atoms with van der Waals surface area (Å²) in [5, 5.41) is 11.2. The van der Waals surface area contributed by atoms with Gasteiger partial charge >= 0.3 is 0 Å². The van der Waals surface area contributed by atoms with Crippen LogP contribution in [0.3, 0.4) is 0 Å². The predicted molar refractivity (Wildman–Crippen MR) is 64.1 cm³/mol. The Labute approximate surface area is 103 Å². The lowest BCUT2D eigenvalue weighted by atomic mass is 9.84. The number of hydrogen-bond acceptors (Lipinski definition) is 3. The van der Waals surface area contributed by atoms with Gasteiger partial charge in [-0.15, -0.1) is 0 Å². The van der Waals surface area contributed by atoms with Crippen molar-refractivity contribution in [2.24, 2.45) is 0 Å². The largest absolute Gasteiger partial charge is 0.314 e. The van der Waals surface area contributed by atoms with E-state index in [1.165, 1.54) is 4.90 Å². The molecule has 1 unspecified atom stereocenters. The second-order valence-corrected chi connectivity index (χ2v) is 4.79. The fourth-order valence-corrected chi connectivity index (χ4v) is 2.42. The van der Waals surface area contributed by atoms with Gasteiger partial charge < -0.3 is 4.90 Å². The standard InChI is InChI=1S/C11H11ClN2O3/c1-11(6-14(16)17)8-5-7(12)3-4-9(8)13(2)10(11)15/h3-5H,6H2,1-2H3. The Bertz CT molecular complexity index is 517. The third-order valence-electron chi connectivity index (χ3n) is 3.14. The van der Waals surface area contributed by atoms with Crippen molar-refractivity contribution in [1.29, 1.82) is 0 Å². The molecule has 1 heterocycles. The van der Waals surface area contributed by atoms with E-state index < -0.39 is 16.9 Å². The van der Waals surface area contributed by atoms with Crippen molar-refractivity contribution in [3.05, 3.63) is 38.9 Å². The Hall–Kier alpha value is -1.62. The number of nitrogens with zero attached hydrogens (tertiary/aromatic N) is 2. The molecule has 5 nitrogen and oxygen atoms in total. The number of halogens is 1. The number of nitro groups is 1. The van der Waals surface area contributed by atoms with E-state index in [4.69, 9.17) is 11.6 Å². The summed E-state index contributed by atoms with van der Waals surface area (Å²) >= 11 is 5.88. The average molecular weight is 255 g/mol. The van der Waals surface area contributed by atoms with E-state index in [-0.39, 0.29) is 5.91 Å². The van der Waals surface area contributed by atoms with Crippen LogP contribution in [0.5, 0.6) is 0 Å². The summed E-state index contributed by atoms with van der Waals surface area (Å²) < 4.78 is 0. The maximum absolute atomic E-state index is 12.1. The van der Waals surface area contributed by atoms with E-state index in [2.05, 4.69) is 0 Å². The molecule has 0 saturated heterocycles. The second kappa shape index (κ2) is 3.70. The van der Waals surface area contributed by atoms with Crippen molar-refractivity contribution in [2.45, 2.75) is 12.3 Å². The first-order chi connectivity index (χ1) is 7.86. The molecular weight excluding hydrogens is 244 g/mol. The van der Waals surface area contributed by atoms with E-state index in [0.29, 0.717) is 16.3 Å².